The van der Waals surface area contributed by atoms with E-state index >= 15 is 0 Å². The van der Waals surface area contributed by atoms with Crippen LogP contribution in [-0.2, 0) is 0 Å². The predicted octanol–water partition coefficient (Wildman–Crippen LogP) is 14.1. The molecule has 0 fully saturated rings. The van der Waals surface area contributed by atoms with Crippen LogP contribution in [0.15, 0.2) is 198 Å². The van der Waals surface area contributed by atoms with Crippen LogP contribution in [0.4, 0.5) is 17.1 Å². The Hall–Kier alpha value is -7.10. The minimum atomic E-state index is -0.652. The van der Waals surface area contributed by atoms with Gasteiger partial charge in [-0.1, -0.05) is 133 Å². The molecule has 0 spiro atoms. The predicted molar refractivity (Wildman–Crippen MR) is 223 cm³/mol. The fraction of sp³-hybridized carbons (Fsp3) is 0. The SMILES string of the molecule is [2H]c1c([2H])c(N(c2c([2H])c([2H])c([2H])c3c([2H])c([2H])c([2H])c([2H])c23)c2cccc3oc4c5ccccc5ccc4c23)c([2H])c([2H])c1-c1cccc2c1c1ccccc1n2-c1ccccc1. The van der Waals surface area contributed by atoms with Crippen LogP contribution in [0.1, 0.15) is 15.1 Å². The summed E-state index contributed by atoms with van der Waals surface area (Å²) in [6.07, 6.45) is 0. The van der Waals surface area contributed by atoms with Gasteiger partial charge in [0, 0.05) is 38.3 Å². The first-order valence-electron chi connectivity index (χ1n) is 22.7. The maximum absolute atomic E-state index is 9.89. The third kappa shape index (κ3) is 4.54. The first kappa shape index (κ1) is 20.7. The zero-order chi connectivity index (χ0) is 44.5. The molecule has 0 unspecified atom stereocenters. The lowest BCUT2D eigenvalue weighted by Crippen LogP contribution is -2.10. The molecule has 0 atom stereocenters. The van der Waals surface area contributed by atoms with Crippen LogP contribution in [0.3, 0.4) is 0 Å². The van der Waals surface area contributed by atoms with Crippen LogP contribution in [-0.4, -0.2) is 4.57 Å². The second kappa shape index (κ2) is 11.7. The maximum Gasteiger partial charge on any atom is 0.143 e. The van der Waals surface area contributed by atoms with Crippen molar-refractivity contribution in [2.24, 2.45) is 0 Å². The summed E-state index contributed by atoms with van der Waals surface area (Å²) in [7, 11) is 0. The van der Waals surface area contributed by atoms with Crippen molar-refractivity contribution in [1.82, 2.24) is 4.57 Å². The van der Waals surface area contributed by atoms with E-state index in [1.165, 1.54) is 4.90 Å². The molecule has 0 aliphatic heterocycles. The van der Waals surface area contributed by atoms with Gasteiger partial charge in [-0.15, -0.1) is 0 Å². The van der Waals surface area contributed by atoms with Crippen LogP contribution in [0.2, 0.25) is 0 Å². The molecule has 3 nitrogen and oxygen atoms in total. The fourth-order valence-electron chi connectivity index (χ4n) is 7.68. The van der Waals surface area contributed by atoms with E-state index in [-0.39, 0.29) is 33.4 Å². The van der Waals surface area contributed by atoms with E-state index < -0.39 is 66.5 Å². The average molecular weight is 688 g/mol. The average Bonchev–Trinajstić information content (AvgIpc) is 3.88. The number of furan rings is 1. The van der Waals surface area contributed by atoms with E-state index in [2.05, 4.69) is 4.57 Å². The van der Waals surface area contributed by atoms with Gasteiger partial charge < -0.3 is 13.9 Å². The monoisotopic (exact) mass is 687 g/mol. The summed E-state index contributed by atoms with van der Waals surface area (Å²) in [5, 5.41) is 3.73. The minimum Gasteiger partial charge on any atom is -0.455 e. The third-order valence-electron chi connectivity index (χ3n) is 9.94. The van der Waals surface area contributed by atoms with Crippen molar-refractivity contribution in [3.05, 3.63) is 194 Å². The molecule has 0 bridgehead atoms. The number of anilines is 3. The van der Waals surface area contributed by atoms with Gasteiger partial charge >= 0.3 is 0 Å². The van der Waals surface area contributed by atoms with Gasteiger partial charge in [0.2, 0.25) is 0 Å². The molecule has 0 saturated carbocycles. The maximum atomic E-state index is 9.89. The summed E-state index contributed by atoms with van der Waals surface area (Å²) in [6, 6.07) is 33.5. The van der Waals surface area contributed by atoms with Crippen molar-refractivity contribution < 1.29 is 19.5 Å². The molecular weight excluding hydrogens is 645 g/mol. The molecule has 2 heterocycles. The Balaban J connectivity index is 1.28. The van der Waals surface area contributed by atoms with E-state index in [0.29, 0.717) is 27.5 Å². The third-order valence-corrected chi connectivity index (χ3v) is 9.94. The molecule has 3 heteroatoms. The van der Waals surface area contributed by atoms with E-state index in [0.717, 1.165) is 38.3 Å². The molecule has 0 amide bonds. The molecule has 0 radical (unpaired) electrons. The molecule has 0 aliphatic rings. The van der Waals surface area contributed by atoms with E-state index in [9.17, 15) is 8.22 Å². The smallest absolute Gasteiger partial charge is 0.143 e. The Morgan fingerprint density at radius 1 is 0.472 bits per heavy atom. The number of fused-ring (bicyclic) bond motifs is 9. The Morgan fingerprint density at radius 3 is 2.13 bits per heavy atom. The number of nitrogens with zero attached hydrogens (tertiary/aromatic N) is 2. The van der Waals surface area contributed by atoms with Gasteiger partial charge in [0.05, 0.1) is 42.9 Å². The van der Waals surface area contributed by atoms with Crippen molar-refractivity contribution in [2.45, 2.75) is 0 Å². The Labute approximate surface area is 321 Å². The number of hydrogen-bond donors (Lipinski definition) is 0. The molecule has 11 rings (SSSR count). The van der Waals surface area contributed by atoms with Crippen LogP contribution < -0.4 is 4.90 Å². The lowest BCUT2D eigenvalue weighted by molar-refractivity contribution is 0.672. The standard InChI is InChI=1S/C50H32N2O/c1-2-16-36(17-3-1)51-44-22-9-8-20-41(44)48-39(21-11-24-45(48)51)35-27-30-37(31-28-35)52(43-23-10-15-33-13-4-6-18-38(33)43)46-25-12-26-47-49(46)42-32-29-34-14-5-7-19-40(34)50(42)53-47/h1-32H/i4D,6D,10D,13D,15D,18D,23D,27D,28D,30D,31D. The highest BCUT2D eigenvalue weighted by Crippen LogP contribution is 2.46. The van der Waals surface area contributed by atoms with Crippen molar-refractivity contribution >= 4 is 82.4 Å². The number of hydrogen-bond acceptors (Lipinski definition) is 2. The Bertz CT molecular complexity index is 3790. The highest BCUT2D eigenvalue weighted by atomic mass is 16.3. The zero-order valence-electron chi connectivity index (χ0n) is 38.9. The molecule has 9 aromatic carbocycles. The summed E-state index contributed by atoms with van der Waals surface area (Å²) in [5.74, 6) is 0. The van der Waals surface area contributed by atoms with E-state index in [1.54, 1.807) is 24.3 Å². The number of aromatic nitrogens is 1. The lowest BCUT2D eigenvalue weighted by Gasteiger charge is -2.27. The van der Waals surface area contributed by atoms with Crippen LogP contribution in [0, 0.1) is 0 Å². The zero-order valence-corrected chi connectivity index (χ0v) is 27.9. The first-order chi connectivity index (χ1) is 30.9. The van der Waals surface area contributed by atoms with Gasteiger partial charge in [-0.05, 0) is 82.5 Å². The normalized spacial score (nSPS) is 14.7. The second-order valence-electron chi connectivity index (χ2n) is 12.8. The van der Waals surface area contributed by atoms with Crippen LogP contribution in [0.25, 0.3) is 82.1 Å². The molecule has 0 aliphatic carbocycles. The van der Waals surface area contributed by atoms with Gasteiger partial charge in [0.15, 0.2) is 0 Å². The van der Waals surface area contributed by atoms with Crippen molar-refractivity contribution in [1.29, 1.82) is 0 Å². The molecular formula is C50H32N2O. The Morgan fingerprint density at radius 2 is 1.23 bits per heavy atom. The first-order valence-corrected chi connectivity index (χ1v) is 17.2. The lowest BCUT2D eigenvalue weighted by atomic mass is 9.98. The summed E-state index contributed by atoms with van der Waals surface area (Å²) in [5.41, 5.74) is 3.51. The van der Waals surface area contributed by atoms with Crippen LogP contribution >= 0.6 is 0 Å². The largest absolute Gasteiger partial charge is 0.455 e. The topological polar surface area (TPSA) is 21.3 Å². The highest BCUT2D eigenvalue weighted by molar-refractivity contribution is 6.20. The summed E-state index contributed by atoms with van der Waals surface area (Å²) >= 11 is 0. The molecule has 248 valence electrons. The van der Waals surface area contributed by atoms with Gasteiger partial charge in [-0.2, -0.15) is 0 Å². The van der Waals surface area contributed by atoms with Gasteiger partial charge in [0.1, 0.15) is 11.2 Å². The van der Waals surface area contributed by atoms with Gasteiger partial charge in [0.25, 0.3) is 0 Å². The fourth-order valence-corrected chi connectivity index (χ4v) is 7.68. The number of rotatable bonds is 5. The molecule has 0 saturated heterocycles. The molecule has 0 N–H and O–H groups in total. The van der Waals surface area contributed by atoms with E-state index in [4.69, 9.17) is 11.3 Å². The van der Waals surface area contributed by atoms with Crippen molar-refractivity contribution in [3.63, 3.8) is 0 Å². The van der Waals surface area contributed by atoms with Crippen LogP contribution in [0.5, 0.6) is 0 Å². The van der Waals surface area contributed by atoms with Gasteiger partial charge in [-0.25, -0.2) is 0 Å². The van der Waals surface area contributed by atoms with Crippen molar-refractivity contribution in [2.75, 3.05) is 4.90 Å². The van der Waals surface area contributed by atoms with Crippen molar-refractivity contribution in [3.8, 4) is 16.8 Å². The molecule has 11 aromatic rings. The van der Waals surface area contributed by atoms with E-state index in [1.807, 2.05) is 103 Å². The Kier molecular flexibility index (Phi) is 4.57. The summed E-state index contributed by atoms with van der Waals surface area (Å²) in [6.45, 7) is 0. The quantitative estimate of drug-likeness (QED) is 0.180. The highest BCUT2D eigenvalue weighted by Gasteiger charge is 2.22. The van der Waals surface area contributed by atoms with Gasteiger partial charge in [-0.3, -0.25) is 0 Å². The number of para-hydroxylation sites is 2. The molecule has 2 aromatic heterocycles. The summed E-state index contributed by atoms with van der Waals surface area (Å²) < 4.78 is 111. The number of benzene rings is 9. The molecule has 53 heavy (non-hydrogen) atoms. The summed E-state index contributed by atoms with van der Waals surface area (Å²) in [4.78, 5) is 1.29. The minimum absolute atomic E-state index is 0.0271. The second-order valence-corrected chi connectivity index (χ2v) is 12.8.